The molecule has 16 heavy (non-hydrogen) atoms. The Bertz CT molecular complexity index is 241. The van der Waals surface area contributed by atoms with Crippen molar-refractivity contribution in [2.24, 2.45) is 0 Å². The van der Waals surface area contributed by atoms with E-state index in [0.29, 0.717) is 13.2 Å². The van der Waals surface area contributed by atoms with Crippen LogP contribution in [0.15, 0.2) is 12.4 Å². The van der Waals surface area contributed by atoms with E-state index in [1.165, 1.54) is 0 Å². The molecule has 1 rings (SSSR count). The third-order valence-corrected chi connectivity index (χ3v) is 2.07. The molecule has 0 aliphatic carbocycles. The van der Waals surface area contributed by atoms with Crippen LogP contribution in [-0.2, 0) is 16.0 Å². The molecule has 6 nitrogen and oxygen atoms in total. The lowest BCUT2D eigenvalue weighted by atomic mass is 10.4. The second kappa shape index (κ2) is 9.26. The molecule has 0 unspecified atom stereocenters. The summed E-state index contributed by atoms with van der Waals surface area (Å²) in [6, 6.07) is 0. The molecule has 0 spiro atoms. The average Bonchev–Trinajstić information content (AvgIpc) is 2.80. The molecule has 1 aromatic heterocycles. The van der Waals surface area contributed by atoms with Gasteiger partial charge in [0.25, 0.3) is 0 Å². The molecule has 1 heterocycles. The normalized spacial score (nSPS) is 10.8. The maximum atomic E-state index is 5.31. The lowest BCUT2D eigenvalue weighted by molar-refractivity contribution is 0.0720. The van der Waals surface area contributed by atoms with Gasteiger partial charge in [-0.2, -0.15) is 0 Å². The number of nitrogens with one attached hydrogen (secondary N) is 1. The van der Waals surface area contributed by atoms with Gasteiger partial charge in [0.2, 0.25) is 0 Å². The van der Waals surface area contributed by atoms with Crippen molar-refractivity contribution in [1.82, 2.24) is 20.3 Å². The highest BCUT2D eigenvalue weighted by Crippen LogP contribution is 1.85. The first-order valence-corrected chi connectivity index (χ1v) is 5.55. The van der Waals surface area contributed by atoms with Gasteiger partial charge in [0, 0.05) is 26.4 Å². The summed E-state index contributed by atoms with van der Waals surface area (Å²) in [5.74, 6) is 0. The van der Waals surface area contributed by atoms with E-state index in [4.69, 9.17) is 9.47 Å². The second-order valence-corrected chi connectivity index (χ2v) is 3.37. The van der Waals surface area contributed by atoms with Crippen LogP contribution < -0.4 is 5.32 Å². The molecule has 0 aliphatic heterocycles. The fraction of sp³-hybridized carbons (Fsp3) is 0.800. The summed E-state index contributed by atoms with van der Waals surface area (Å²) < 4.78 is 12.0. The van der Waals surface area contributed by atoms with Crippen molar-refractivity contribution in [2.75, 3.05) is 40.0 Å². The van der Waals surface area contributed by atoms with E-state index in [2.05, 4.69) is 15.6 Å². The van der Waals surface area contributed by atoms with E-state index < -0.39 is 0 Å². The molecule has 0 radical (unpaired) electrons. The van der Waals surface area contributed by atoms with Crippen LogP contribution in [0.1, 0.15) is 6.42 Å². The van der Waals surface area contributed by atoms with E-state index in [1.54, 1.807) is 13.3 Å². The van der Waals surface area contributed by atoms with Gasteiger partial charge in [-0.25, -0.2) is 0 Å². The highest BCUT2D eigenvalue weighted by atomic mass is 16.5. The summed E-state index contributed by atoms with van der Waals surface area (Å²) >= 11 is 0. The van der Waals surface area contributed by atoms with Crippen molar-refractivity contribution in [1.29, 1.82) is 0 Å². The first-order valence-electron chi connectivity index (χ1n) is 5.55. The topological polar surface area (TPSA) is 61.2 Å². The molecule has 0 saturated carbocycles. The number of aryl methyl sites for hydroxylation is 1. The van der Waals surface area contributed by atoms with Crippen LogP contribution >= 0.6 is 0 Å². The summed E-state index contributed by atoms with van der Waals surface area (Å²) in [5, 5.41) is 10.9. The lowest BCUT2D eigenvalue weighted by Crippen LogP contribution is -2.22. The summed E-state index contributed by atoms with van der Waals surface area (Å²) in [4.78, 5) is 0. The number of rotatable bonds is 10. The zero-order valence-corrected chi connectivity index (χ0v) is 9.76. The highest BCUT2D eigenvalue weighted by molar-refractivity contribution is 4.63. The third kappa shape index (κ3) is 6.49. The maximum absolute atomic E-state index is 5.31. The molecular weight excluding hydrogens is 208 g/mol. The molecule has 1 aromatic rings. The van der Waals surface area contributed by atoms with E-state index in [1.807, 2.05) is 10.9 Å². The van der Waals surface area contributed by atoms with Crippen LogP contribution in [0.2, 0.25) is 0 Å². The van der Waals surface area contributed by atoms with E-state index in [0.717, 1.165) is 32.7 Å². The number of aromatic nitrogens is 3. The fourth-order valence-corrected chi connectivity index (χ4v) is 1.23. The lowest BCUT2D eigenvalue weighted by Gasteiger charge is -2.05. The van der Waals surface area contributed by atoms with Crippen molar-refractivity contribution in [2.45, 2.75) is 13.0 Å². The molecule has 0 aromatic carbocycles. The summed E-state index contributed by atoms with van der Waals surface area (Å²) in [7, 11) is 1.67. The van der Waals surface area contributed by atoms with Gasteiger partial charge in [-0.15, -0.1) is 5.10 Å². The number of ether oxygens (including phenoxy) is 2. The van der Waals surface area contributed by atoms with Crippen LogP contribution in [0.5, 0.6) is 0 Å². The molecule has 92 valence electrons. The maximum Gasteiger partial charge on any atom is 0.0700 e. The highest BCUT2D eigenvalue weighted by Gasteiger charge is 1.92. The standard InChI is InChI=1S/C10H20N4O2/c1-15-9-10-16-8-5-11-3-2-6-14-7-4-12-13-14/h4,7,11H,2-3,5-6,8-10H2,1H3. The summed E-state index contributed by atoms with van der Waals surface area (Å²) in [6.07, 6.45) is 4.60. The van der Waals surface area contributed by atoms with Gasteiger partial charge >= 0.3 is 0 Å². The van der Waals surface area contributed by atoms with Crippen LogP contribution in [0, 0.1) is 0 Å². The zero-order valence-electron chi connectivity index (χ0n) is 9.76. The van der Waals surface area contributed by atoms with Gasteiger partial charge in [-0.05, 0) is 13.0 Å². The largest absolute Gasteiger partial charge is 0.382 e. The van der Waals surface area contributed by atoms with Crippen LogP contribution in [0.3, 0.4) is 0 Å². The summed E-state index contributed by atoms with van der Waals surface area (Å²) in [5.41, 5.74) is 0. The van der Waals surface area contributed by atoms with Crippen molar-refractivity contribution < 1.29 is 9.47 Å². The molecule has 1 N–H and O–H groups in total. The predicted octanol–water partition coefficient (Wildman–Crippen LogP) is -0.0792. The number of hydrogen-bond acceptors (Lipinski definition) is 5. The van der Waals surface area contributed by atoms with Gasteiger partial charge in [-0.1, -0.05) is 5.21 Å². The number of hydrogen-bond donors (Lipinski definition) is 1. The minimum absolute atomic E-state index is 0.659. The van der Waals surface area contributed by atoms with Crippen molar-refractivity contribution in [3.05, 3.63) is 12.4 Å². The average molecular weight is 228 g/mol. The Morgan fingerprint density at radius 1 is 1.25 bits per heavy atom. The van der Waals surface area contributed by atoms with Gasteiger partial charge in [-0.3, -0.25) is 4.68 Å². The third-order valence-electron chi connectivity index (χ3n) is 2.07. The van der Waals surface area contributed by atoms with Crippen molar-refractivity contribution in [3.8, 4) is 0 Å². The molecular formula is C10H20N4O2. The van der Waals surface area contributed by atoms with Gasteiger partial charge in [0.15, 0.2) is 0 Å². The molecule has 0 saturated heterocycles. The fourth-order valence-electron chi connectivity index (χ4n) is 1.23. The molecule has 0 aliphatic rings. The van der Waals surface area contributed by atoms with Gasteiger partial charge in [0.05, 0.1) is 26.0 Å². The Morgan fingerprint density at radius 3 is 2.94 bits per heavy atom. The smallest absolute Gasteiger partial charge is 0.0700 e. The van der Waals surface area contributed by atoms with Crippen LogP contribution in [0.4, 0.5) is 0 Å². The minimum Gasteiger partial charge on any atom is -0.382 e. The Kier molecular flexibility index (Phi) is 7.57. The Balaban J connectivity index is 1.78. The number of nitrogens with zero attached hydrogens (tertiary/aromatic N) is 3. The van der Waals surface area contributed by atoms with Crippen LogP contribution in [-0.4, -0.2) is 55.0 Å². The van der Waals surface area contributed by atoms with Crippen LogP contribution in [0.25, 0.3) is 0 Å². The quantitative estimate of drug-likeness (QED) is 0.568. The predicted molar refractivity (Wildman–Crippen MR) is 60.2 cm³/mol. The Hall–Kier alpha value is -0.980. The summed E-state index contributed by atoms with van der Waals surface area (Å²) in [6.45, 7) is 4.79. The van der Waals surface area contributed by atoms with Gasteiger partial charge in [0.1, 0.15) is 0 Å². The van der Waals surface area contributed by atoms with Crippen molar-refractivity contribution in [3.63, 3.8) is 0 Å². The van der Waals surface area contributed by atoms with E-state index >= 15 is 0 Å². The number of methoxy groups -OCH3 is 1. The monoisotopic (exact) mass is 228 g/mol. The Morgan fingerprint density at radius 2 is 2.19 bits per heavy atom. The Labute approximate surface area is 95.9 Å². The SMILES string of the molecule is COCCOCCNCCCn1ccnn1. The van der Waals surface area contributed by atoms with E-state index in [-0.39, 0.29) is 0 Å². The van der Waals surface area contributed by atoms with Gasteiger partial charge < -0.3 is 14.8 Å². The first kappa shape index (κ1) is 13.1. The molecule has 0 atom stereocenters. The van der Waals surface area contributed by atoms with Crippen molar-refractivity contribution >= 4 is 0 Å². The van der Waals surface area contributed by atoms with E-state index in [9.17, 15) is 0 Å². The molecule has 0 bridgehead atoms. The minimum atomic E-state index is 0.659. The molecule has 0 amide bonds. The molecule has 0 fully saturated rings. The zero-order chi connectivity index (χ0) is 11.5. The molecule has 6 heteroatoms. The second-order valence-electron chi connectivity index (χ2n) is 3.37. The first-order chi connectivity index (χ1) is 7.93.